The van der Waals surface area contributed by atoms with Crippen LogP contribution in [0.2, 0.25) is 0 Å². The summed E-state index contributed by atoms with van der Waals surface area (Å²) in [6.07, 6.45) is -4.42. The highest BCUT2D eigenvalue weighted by Gasteiger charge is 2.30. The molecule has 1 aromatic heterocycles. The monoisotopic (exact) mass is 493 g/mol. The van der Waals surface area contributed by atoms with Gasteiger partial charge in [-0.1, -0.05) is 23.9 Å². The number of rotatable bonds is 8. The van der Waals surface area contributed by atoms with Crippen LogP contribution < -0.4 is 19.5 Å². The Balaban J connectivity index is 1.71. The van der Waals surface area contributed by atoms with Crippen molar-refractivity contribution in [2.24, 2.45) is 0 Å². The van der Waals surface area contributed by atoms with E-state index < -0.39 is 11.7 Å². The quantitative estimate of drug-likeness (QED) is 0.340. The lowest BCUT2D eigenvalue weighted by atomic mass is 10.1. The van der Waals surface area contributed by atoms with E-state index in [1.807, 2.05) is 0 Å². The van der Waals surface area contributed by atoms with E-state index in [1.54, 1.807) is 25.1 Å². The third-order valence-electron chi connectivity index (χ3n) is 4.60. The smallest absolute Gasteiger partial charge is 0.416 e. The first-order chi connectivity index (χ1) is 16.1. The van der Waals surface area contributed by atoms with Crippen LogP contribution in [0.4, 0.5) is 18.9 Å². The zero-order valence-corrected chi connectivity index (χ0v) is 19.6. The normalized spacial score (nSPS) is 11.1. The molecule has 7 nitrogen and oxygen atoms in total. The van der Waals surface area contributed by atoms with Crippen molar-refractivity contribution in [2.45, 2.75) is 18.1 Å². The van der Waals surface area contributed by atoms with E-state index >= 15 is 0 Å². The zero-order valence-electron chi connectivity index (χ0n) is 18.8. The topological polar surface area (TPSA) is 82.6 Å². The van der Waals surface area contributed by atoms with Gasteiger partial charge in [-0.05, 0) is 25.1 Å². The van der Waals surface area contributed by atoms with Crippen molar-refractivity contribution >= 4 is 23.4 Å². The number of nitrogens with zero attached hydrogens (tertiary/aromatic N) is 2. The number of thioether (sulfide) groups is 1. The third-order valence-corrected chi connectivity index (χ3v) is 5.51. The summed E-state index contributed by atoms with van der Waals surface area (Å²) in [7, 11) is 4.44. The van der Waals surface area contributed by atoms with E-state index in [9.17, 15) is 18.0 Å². The lowest BCUT2D eigenvalue weighted by Crippen LogP contribution is -2.14. The second-order valence-electron chi connectivity index (χ2n) is 7.00. The number of hydrogen-bond acceptors (Lipinski definition) is 7. The maximum Gasteiger partial charge on any atom is 0.416 e. The minimum absolute atomic E-state index is 0.0412. The number of carbonyl (C=O) groups excluding carboxylic acids is 1. The number of carbonyl (C=O) groups is 1. The summed E-state index contributed by atoms with van der Waals surface area (Å²) in [5.41, 5.74) is 0.782. The van der Waals surface area contributed by atoms with Crippen LogP contribution in [0.1, 0.15) is 11.3 Å². The lowest BCUT2D eigenvalue weighted by Gasteiger charge is -2.14. The molecule has 180 valence electrons. The Bertz CT molecular complexity index is 1150. The fraction of sp³-hybridized carbons (Fsp3) is 0.261. The van der Waals surface area contributed by atoms with Crippen LogP contribution >= 0.6 is 11.8 Å². The Kier molecular flexibility index (Phi) is 7.87. The molecule has 1 heterocycles. The van der Waals surface area contributed by atoms with E-state index in [-0.39, 0.29) is 17.5 Å². The molecular formula is C23H22F3N3O4S. The summed E-state index contributed by atoms with van der Waals surface area (Å²) in [6.45, 7) is 1.75. The number of aryl methyl sites for hydroxylation is 1. The summed E-state index contributed by atoms with van der Waals surface area (Å²) < 4.78 is 54.3. The Morgan fingerprint density at radius 1 is 0.971 bits per heavy atom. The van der Waals surface area contributed by atoms with Crippen LogP contribution in [0.3, 0.4) is 0 Å². The molecule has 0 unspecified atom stereocenters. The first-order valence-electron chi connectivity index (χ1n) is 9.90. The van der Waals surface area contributed by atoms with E-state index in [2.05, 4.69) is 15.3 Å². The number of hydrogen-bond donors (Lipinski definition) is 1. The number of alkyl halides is 3. The van der Waals surface area contributed by atoms with Crippen LogP contribution in [-0.2, 0) is 11.0 Å². The van der Waals surface area contributed by atoms with Gasteiger partial charge in [0, 0.05) is 29.1 Å². The Morgan fingerprint density at radius 2 is 1.59 bits per heavy atom. The average molecular weight is 494 g/mol. The van der Waals surface area contributed by atoms with E-state index in [1.165, 1.54) is 45.2 Å². The maximum absolute atomic E-state index is 12.8. The van der Waals surface area contributed by atoms with Crippen LogP contribution in [-0.4, -0.2) is 43.0 Å². The van der Waals surface area contributed by atoms with Gasteiger partial charge in [0.15, 0.2) is 17.3 Å². The van der Waals surface area contributed by atoms with Crippen molar-refractivity contribution in [2.75, 3.05) is 32.4 Å². The van der Waals surface area contributed by atoms with E-state index in [0.29, 0.717) is 39.2 Å². The van der Waals surface area contributed by atoms with Gasteiger partial charge in [0.05, 0.1) is 32.6 Å². The van der Waals surface area contributed by atoms with E-state index in [4.69, 9.17) is 14.2 Å². The predicted octanol–water partition coefficient (Wildman–Crippen LogP) is 5.23. The van der Waals surface area contributed by atoms with Crippen LogP contribution in [0, 0.1) is 6.92 Å². The molecule has 0 saturated heterocycles. The molecule has 0 atom stereocenters. The third kappa shape index (κ3) is 6.10. The highest BCUT2D eigenvalue weighted by molar-refractivity contribution is 7.99. The minimum Gasteiger partial charge on any atom is -0.493 e. The molecule has 2 aromatic carbocycles. The molecule has 3 aromatic rings. The van der Waals surface area contributed by atoms with Gasteiger partial charge in [-0.3, -0.25) is 4.79 Å². The number of methoxy groups -OCH3 is 3. The molecule has 0 spiro atoms. The van der Waals surface area contributed by atoms with Gasteiger partial charge >= 0.3 is 6.18 Å². The predicted molar refractivity (Wildman–Crippen MR) is 123 cm³/mol. The average Bonchev–Trinajstić information content (AvgIpc) is 2.81. The molecule has 0 fully saturated rings. The van der Waals surface area contributed by atoms with Crippen LogP contribution in [0.15, 0.2) is 47.5 Å². The minimum atomic E-state index is -4.42. The first kappa shape index (κ1) is 25.2. The summed E-state index contributed by atoms with van der Waals surface area (Å²) in [5, 5.41) is 3.29. The van der Waals surface area contributed by atoms with Crippen LogP contribution in [0.5, 0.6) is 17.2 Å². The summed E-state index contributed by atoms with van der Waals surface area (Å²) >= 11 is 1.18. The Labute approximate surface area is 198 Å². The van der Waals surface area contributed by atoms with Crippen molar-refractivity contribution in [1.29, 1.82) is 0 Å². The van der Waals surface area contributed by atoms with Crippen molar-refractivity contribution in [3.8, 4) is 28.6 Å². The number of aromatic nitrogens is 2. The highest BCUT2D eigenvalue weighted by atomic mass is 32.2. The molecule has 0 aliphatic heterocycles. The summed E-state index contributed by atoms with van der Waals surface area (Å²) in [4.78, 5) is 21.2. The Morgan fingerprint density at radius 3 is 2.12 bits per heavy atom. The van der Waals surface area contributed by atoms with Crippen molar-refractivity contribution in [3.05, 3.63) is 53.7 Å². The van der Waals surface area contributed by atoms with Crippen molar-refractivity contribution in [3.63, 3.8) is 0 Å². The molecule has 11 heteroatoms. The molecule has 0 aliphatic rings. The molecule has 0 radical (unpaired) electrons. The number of halogens is 3. The van der Waals surface area contributed by atoms with Gasteiger partial charge in [0.1, 0.15) is 5.03 Å². The molecule has 3 rings (SSSR count). The van der Waals surface area contributed by atoms with Crippen molar-refractivity contribution in [1.82, 2.24) is 9.97 Å². The molecule has 0 aliphatic carbocycles. The van der Waals surface area contributed by atoms with Gasteiger partial charge in [-0.15, -0.1) is 0 Å². The van der Waals surface area contributed by atoms with Gasteiger partial charge in [-0.2, -0.15) is 13.2 Å². The molecule has 34 heavy (non-hydrogen) atoms. The van der Waals surface area contributed by atoms with Gasteiger partial charge in [0.2, 0.25) is 11.7 Å². The van der Waals surface area contributed by atoms with Gasteiger partial charge < -0.3 is 19.5 Å². The largest absolute Gasteiger partial charge is 0.493 e. The van der Waals surface area contributed by atoms with E-state index in [0.717, 1.165) is 12.1 Å². The highest BCUT2D eigenvalue weighted by Crippen LogP contribution is 2.40. The standard InChI is InChI=1S/C23H22F3N3O4S/c1-13-9-20(29-22(27-13)14-5-7-15(8-6-14)23(24,25)26)34-12-19(30)28-16-10-17(31-2)21(33-4)18(11-16)32-3/h5-11H,12H2,1-4H3,(H,28,30). The maximum atomic E-state index is 12.8. The van der Waals surface area contributed by atoms with Crippen molar-refractivity contribution < 1.29 is 32.2 Å². The first-order valence-corrected chi connectivity index (χ1v) is 10.9. The molecular weight excluding hydrogens is 471 g/mol. The number of anilines is 1. The van der Waals surface area contributed by atoms with Gasteiger partial charge in [0.25, 0.3) is 0 Å². The second kappa shape index (κ2) is 10.6. The van der Waals surface area contributed by atoms with Gasteiger partial charge in [-0.25, -0.2) is 9.97 Å². The number of benzene rings is 2. The fourth-order valence-electron chi connectivity index (χ4n) is 3.04. The summed E-state index contributed by atoms with van der Waals surface area (Å²) in [5.74, 6) is 1.23. The van der Waals surface area contributed by atoms with Crippen LogP contribution in [0.25, 0.3) is 11.4 Å². The molecule has 1 amide bonds. The number of nitrogens with one attached hydrogen (secondary N) is 1. The lowest BCUT2D eigenvalue weighted by molar-refractivity contribution is -0.137. The fourth-order valence-corrected chi connectivity index (χ4v) is 3.80. The Hall–Kier alpha value is -3.47. The molecule has 0 bridgehead atoms. The SMILES string of the molecule is COc1cc(NC(=O)CSc2cc(C)nc(-c3ccc(C(F)(F)F)cc3)n2)cc(OC)c1OC. The second-order valence-corrected chi connectivity index (χ2v) is 7.99. The molecule has 1 N–H and O–H groups in total. The number of amides is 1. The summed E-state index contributed by atoms with van der Waals surface area (Å²) in [6, 6.07) is 9.54. The zero-order chi connectivity index (χ0) is 24.9. The molecule has 0 saturated carbocycles. The number of ether oxygens (including phenoxy) is 3.